The SMILES string of the molecule is CC/C=C\C/C=C\C/C=C\C/C=C\C/C=C\C/C=C\CCCOCC(COC1OC(CO)C(O)C(O)C1O)OC(=O)CCCCCCCCCCCCC. The summed E-state index contributed by atoms with van der Waals surface area (Å²) in [4.78, 5) is 12.7. The van der Waals surface area contributed by atoms with Gasteiger partial charge in [-0.15, -0.1) is 0 Å². The predicted octanol–water partition coefficient (Wildman–Crippen LogP) is 8.91. The average Bonchev–Trinajstić information content (AvgIpc) is 3.17. The first-order valence-electron chi connectivity index (χ1n) is 21.0. The summed E-state index contributed by atoms with van der Waals surface area (Å²) in [5.41, 5.74) is 0. The summed E-state index contributed by atoms with van der Waals surface area (Å²) >= 11 is 0. The molecule has 0 aromatic heterocycles. The molecule has 1 fully saturated rings. The smallest absolute Gasteiger partial charge is 0.306 e. The van der Waals surface area contributed by atoms with E-state index >= 15 is 0 Å². The summed E-state index contributed by atoms with van der Waals surface area (Å²) in [5, 5.41) is 40.0. The van der Waals surface area contributed by atoms with Crippen molar-refractivity contribution in [1.29, 1.82) is 0 Å². The van der Waals surface area contributed by atoms with Crippen molar-refractivity contribution < 1.29 is 44.2 Å². The van der Waals surface area contributed by atoms with Gasteiger partial charge in [-0.25, -0.2) is 0 Å². The zero-order valence-corrected chi connectivity index (χ0v) is 33.7. The quantitative estimate of drug-likeness (QED) is 0.0288. The number of unbranched alkanes of at least 4 members (excludes halogenated alkanes) is 11. The summed E-state index contributed by atoms with van der Waals surface area (Å²) in [5.74, 6) is -0.338. The zero-order valence-electron chi connectivity index (χ0n) is 33.7. The number of hydrogen-bond donors (Lipinski definition) is 4. The summed E-state index contributed by atoms with van der Waals surface area (Å²) < 4.78 is 22.7. The van der Waals surface area contributed by atoms with Crippen LogP contribution in [0.1, 0.15) is 142 Å². The van der Waals surface area contributed by atoms with E-state index in [9.17, 15) is 25.2 Å². The van der Waals surface area contributed by atoms with Crippen molar-refractivity contribution in [2.24, 2.45) is 0 Å². The number of aliphatic hydroxyl groups is 4. The fourth-order valence-corrected chi connectivity index (χ4v) is 5.86. The standard InChI is InChI=1S/C45H76O9/c1-3-5-7-9-11-13-15-16-17-18-19-20-21-22-23-25-27-29-31-33-35-51-37-39(38-52-45-44(50)43(49)42(48)40(36-46)54-45)53-41(47)34-32-30-28-26-24-14-12-10-8-6-4-2/h5,7,11,13,16-17,19-20,22-23,27,29,39-40,42-46,48-50H,3-4,6,8-10,12,14-15,18,21,24-26,28,30-38H2,1-2H3/b7-5-,13-11-,17-16-,20-19-,23-22-,29-27-. The molecular weight excluding hydrogens is 684 g/mol. The first kappa shape index (κ1) is 49.6. The Kier molecular flexibility index (Phi) is 33.4. The van der Waals surface area contributed by atoms with Crippen LogP contribution >= 0.6 is 0 Å². The average molecular weight is 761 g/mol. The van der Waals surface area contributed by atoms with E-state index in [1.54, 1.807) is 0 Å². The minimum absolute atomic E-state index is 0.102. The van der Waals surface area contributed by atoms with E-state index < -0.39 is 43.4 Å². The van der Waals surface area contributed by atoms with Crippen LogP contribution in [0.15, 0.2) is 72.9 Å². The molecule has 0 amide bonds. The molecule has 1 saturated heterocycles. The third kappa shape index (κ3) is 27.2. The molecule has 0 aromatic rings. The molecule has 0 aliphatic carbocycles. The molecule has 54 heavy (non-hydrogen) atoms. The monoisotopic (exact) mass is 761 g/mol. The Balaban J connectivity index is 2.34. The van der Waals surface area contributed by atoms with Crippen molar-refractivity contribution in [3.8, 4) is 0 Å². The maximum absolute atomic E-state index is 12.7. The number of carbonyl (C=O) groups excluding carboxylic acids is 1. The molecule has 310 valence electrons. The van der Waals surface area contributed by atoms with Gasteiger partial charge >= 0.3 is 5.97 Å². The highest BCUT2D eigenvalue weighted by atomic mass is 16.7. The molecule has 0 aromatic carbocycles. The minimum Gasteiger partial charge on any atom is -0.457 e. The minimum atomic E-state index is -1.55. The van der Waals surface area contributed by atoms with Gasteiger partial charge in [0, 0.05) is 13.0 Å². The van der Waals surface area contributed by atoms with Crippen molar-refractivity contribution in [2.45, 2.75) is 179 Å². The van der Waals surface area contributed by atoms with Crippen LogP contribution in [0.3, 0.4) is 0 Å². The van der Waals surface area contributed by atoms with Gasteiger partial charge in [0.25, 0.3) is 0 Å². The number of allylic oxidation sites excluding steroid dienone is 12. The second kappa shape index (κ2) is 36.3. The van der Waals surface area contributed by atoms with Gasteiger partial charge in [-0.3, -0.25) is 4.79 Å². The molecular formula is C45H76O9. The van der Waals surface area contributed by atoms with Gasteiger partial charge in [-0.05, 0) is 57.8 Å². The topological polar surface area (TPSA) is 135 Å². The first-order valence-corrected chi connectivity index (χ1v) is 21.0. The highest BCUT2D eigenvalue weighted by Gasteiger charge is 2.44. The fourth-order valence-electron chi connectivity index (χ4n) is 5.86. The van der Waals surface area contributed by atoms with Gasteiger partial charge in [0.15, 0.2) is 6.29 Å². The van der Waals surface area contributed by atoms with Crippen molar-refractivity contribution in [1.82, 2.24) is 0 Å². The molecule has 0 bridgehead atoms. The number of hydrogen-bond acceptors (Lipinski definition) is 9. The summed E-state index contributed by atoms with van der Waals surface area (Å²) in [7, 11) is 0. The molecule has 6 unspecified atom stereocenters. The molecule has 0 spiro atoms. The lowest BCUT2D eigenvalue weighted by Gasteiger charge is -2.39. The predicted molar refractivity (Wildman–Crippen MR) is 219 cm³/mol. The number of esters is 1. The molecule has 1 aliphatic heterocycles. The number of ether oxygens (including phenoxy) is 4. The summed E-state index contributed by atoms with van der Waals surface area (Å²) in [6.45, 7) is 4.26. The Morgan fingerprint density at radius 2 is 1.11 bits per heavy atom. The van der Waals surface area contributed by atoms with Crippen LogP contribution in [-0.2, 0) is 23.7 Å². The molecule has 6 atom stereocenters. The highest BCUT2D eigenvalue weighted by Crippen LogP contribution is 2.22. The van der Waals surface area contributed by atoms with E-state index in [1.165, 1.54) is 51.4 Å². The van der Waals surface area contributed by atoms with Crippen LogP contribution in [0, 0.1) is 0 Å². The van der Waals surface area contributed by atoms with Gasteiger partial charge < -0.3 is 39.4 Å². The fraction of sp³-hybridized carbons (Fsp3) is 0.711. The Hall–Kier alpha value is -2.37. The highest BCUT2D eigenvalue weighted by molar-refractivity contribution is 5.69. The van der Waals surface area contributed by atoms with Crippen molar-refractivity contribution in [3.05, 3.63) is 72.9 Å². The maximum atomic E-state index is 12.7. The van der Waals surface area contributed by atoms with Gasteiger partial charge in [0.1, 0.15) is 30.5 Å². The van der Waals surface area contributed by atoms with E-state index in [4.69, 9.17) is 18.9 Å². The molecule has 9 heteroatoms. The van der Waals surface area contributed by atoms with Crippen LogP contribution in [0.4, 0.5) is 0 Å². The van der Waals surface area contributed by atoms with E-state index in [1.807, 2.05) is 0 Å². The number of aliphatic hydroxyl groups excluding tert-OH is 4. The van der Waals surface area contributed by atoms with Gasteiger partial charge in [0.2, 0.25) is 0 Å². The van der Waals surface area contributed by atoms with Crippen molar-refractivity contribution in [2.75, 3.05) is 26.4 Å². The van der Waals surface area contributed by atoms with E-state index in [0.717, 1.165) is 70.6 Å². The Labute approximate surface area is 327 Å². The molecule has 9 nitrogen and oxygen atoms in total. The van der Waals surface area contributed by atoms with E-state index in [0.29, 0.717) is 13.0 Å². The van der Waals surface area contributed by atoms with Crippen LogP contribution < -0.4 is 0 Å². The van der Waals surface area contributed by atoms with Gasteiger partial charge in [-0.1, -0.05) is 151 Å². The zero-order chi connectivity index (χ0) is 39.3. The summed E-state index contributed by atoms with van der Waals surface area (Å²) in [6, 6.07) is 0. The second-order valence-corrected chi connectivity index (χ2v) is 14.1. The molecule has 1 rings (SSSR count). The van der Waals surface area contributed by atoms with Crippen LogP contribution in [0.2, 0.25) is 0 Å². The Morgan fingerprint density at radius 3 is 1.63 bits per heavy atom. The Morgan fingerprint density at radius 1 is 0.611 bits per heavy atom. The van der Waals surface area contributed by atoms with Crippen LogP contribution in [0.25, 0.3) is 0 Å². The van der Waals surface area contributed by atoms with E-state index in [2.05, 4.69) is 86.8 Å². The lowest BCUT2D eigenvalue weighted by molar-refractivity contribution is -0.305. The molecule has 0 saturated carbocycles. The summed E-state index contributed by atoms with van der Waals surface area (Å²) in [6.07, 6.45) is 39.4. The third-order valence-electron chi connectivity index (χ3n) is 9.14. The first-order chi connectivity index (χ1) is 26.4. The van der Waals surface area contributed by atoms with Crippen LogP contribution in [-0.4, -0.2) is 89.6 Å². The molecule has 1 heterocycles. The Bertz CT molecular complexity index is 1050. The molecule has 4 N–H and O–H groups in total. The van der Waals surface area contributed by atoms with Crippen molar-refractivity contribution in [3.63, 3.8) is 0 Å². The third-order valence-corrected chi connectivity index (χ3v) is 9.14. The lowest BCUT2D eigenvalue weighted by Crippen LogP contribution is -2.59. The largest absolute Gasteiger partial charge is 0.457 e. The number of rotatable bonds is 34. The maximum Gasteiger partial charge on any atom is 0.306 e. The normalized spacial score (nSPS) is 21.6. The van der Waals surface area contributed by atoms with Gasteiger partial charge in [-0.2, -0.15) is 0 Å². The number of carbonyl (C=O) groups is 1. The second-order valence-electron chi connectivity index (χ2n) is 14.1. The molecule has 0 radical (unpaired) electrons. The van der Waals surface area contributed by atoms with Crippen LogP contribution in [0.5, 0.6) is 0 Å². The van der Waals surface area contributed by atoms with E-state index in [-0.39, 0.29) is 19.2 Å². The lowest BCUT2D eigenvalue weighted by atomic mass is 9.99. The van der Waals surface area contributed by atoms with Gasteiger partial charge in [0.05, 0.1) is 19.8 Å². The van der Waals surface area contributed by atoms with Crippen molar-refractivity contribution >= 4 is 5.97 Å². The molecule has 1 aliphatic rings.